The van der Waals surface area contributed by atoms with E-state index in [0.717, 1.165) is 23.4 Å². The summed E-state index contributed by atoms with van der Waals surface area (Å²) >= 11 is 1.40. The maximum atomic E-state index is 12.8. The Kier molecular flexibility index (Phi) is 5.71. The van der Waals surface area contributed by atoms with E-state index in [1.807, 2.05) is 6.07 Å². The van der Waals surface area contributed by atoms with Gasteiger partial charge in [0.2, 0.25) is 5.91 Å². The van der Waals surface area contributed by atoms with E-state index >= 15 is 0 Å². The van der Waals surface area contributed by atoms with Crippen LogP contribution in [0.4, 0.5) is 5.13 Å². The molecule has 1 saturated heterocycles. The number of anilines is 1. The molecule has 32 heavy (non-hydrogen) atoms. The molecule has 3 aromatic rings. The Morgan fingerprint density at radius 1 is 1.28 bits per heavy atom. The number of thiazole rings is 1. The van der Waals surface area contributed by atoms with E-state index in [1.165, 1.54) is 22.2 Å². The molecule has 1 aromatic carbocycles. The molecule has 0 radical (unpaired) electrons. The van der Waals surface area contributed by atoms with Crippen molar-refractivity contribution in [3.05, 3.63) is 51.5 Å². The fourth-order valence-electron chi connectivity index (χ4n) is 4.07. The molecule has 0 saturated carbocycles. The molecule has 166 valence electrons. The summed E-state index contributed by atoms with van der Waals surface area (Å²) in [6.07, 6.45) is 3.59. The van der Waals surface area contributed by atoms with Crippen molar-refractivity contribution in [3.63, 3.8) is 0 Å². The van der Waals surface area contributed by atoms with Crippen LogP contribution < -0.4 is 10.9 Å². The number of rotatable bonds is 5. The maximum absolute atomic E-state index is 12.8. The first kappa shape index (κ1) is 20.8. The monoisotopic (exact) mass is 453 g/mol. The first-order chi connectivity index (χ1) is 15.6. The second-order valence-corrected chi connectivity index (χ2v) is 9.04. The molecule has 2 aromatic heterocycles. The van der Waals surface area contributed by atoms with Gasteiger partial charge < -0.3 is 9.64 Å². The lowest BCUT2D eigenvalue weighted by molar-refractivity contribution is -0.132. The van der Waals surface area contributed by atoms with Crippen molar-refractivity contribution < 1.29 is 14.3 Å². The zero-order chi connectivity index (χ0) is 22.1. The summed E-state index contributed by atoms with van der Waals surface area (Å²) in [5.74, 6) is -0.176. The van der Waals surface area contributed by atoms with Crippen molar-refractivity contribution in [2.75, 3.05) is 18.5 Å². The van der Waals surface area contributed by atoms with Crippen molar-refractivity contribution in [3.8, 4) is 0 Å². The van der Waals surface area contributed by atoms with Gasteiger partial charge in [-0.2, -0.15) is 0 Å². The number of benzene rings is 1. The molecule has 0 spiro atoms. The Bertz CT molecular complexity index is 1230. The van der Waals surface area contributed by atoms with E-state index in [1.54, 1.807) is 23.1 Å². The van der Waals surface area contributed by atoms with E-state index in [4.69, 9.17) is 4.74 Å². The molecular weight excluding hydrogens is 430 g/mol. The number of fused-ring (bicyclic) bond motifs is 2. The number of hydrogen-bond donors (Lipinski definition) is 1. The number of aromatic nitrogens is 3. The number of para-hydroxylation sites is 1. The molecule has 9 nitrogen and oxygen atoms in total. The predicted octanol–water partition coefficient (Wildman–Crippen LogP) is 1.95. The van der Waals surface area contributed by atoms with Gasteiger partial charge >= 0.3 is 0 Å². The minimum atomic E-state index is -0.401. The summed E-state index contributed by atoms with van der Waals surface area (Å²) in [7, 11) is 0. The molecule has 2 aliphatic heterocycles. The van der Waals surface area contributed by atoms with Crippen LogP contribution in [0.15, 0.2) is 35.4 Å². The number of carbonyl (C=O) groups is 2. The lowest BCUT2D eigenvalue weighted by Crippen LogP contribution is -2.36. The van der Waals surface area contributed by atoms with Gasteiger partial charge in [-0.05, 0) is 25.0 Å². The standard InChI is InChI=1S/C22H23N5O4S/c28-19(8-10-27-13-23-15-5-2-1-4-14(15)21(27)30)26-9-7-16-18(12-26)32-22(24-16)25-20(29)17-6-3-11-31-17/h1-2,4-5,13,17H,3,6-12H2,(H,24,25,29). The molecule has 5 rings (SSSR count). The van der Waals surface area contributed by atoms with Crippen LogP contribution in [0.3, 0.4) is 0 Å². The molecule has 1 fully saturated rings. The molecule has 2 aliphatic rings. The average molecular weight is 454 g/mol. The minimum Gasteiger partial charge on any atom is -0.368 e. The van der Waals surface area contributed by atoms with Crippen molar-refractivity contribution >= 4 is 39.2 Å². The number of amides is 2. The van der Waals surface area contributed by atoms with Crippen LogP contribution in [-0.4, -0.2) is 50.5 Å². The van der Waals surface area contributed by atoms with Crippen molar-refractivity contribution in [1.82, 2.24) is 19.4 Å². The van der Waals surface area contributed by atoms with Gasteiger partial charge in [-0.3, -0.25) is 24.3 Å². The van der Waals surface area contributed by atoms with E-state index in [9.17, 15) is 14.4 Å². The Labute approximate surface area is 188 Å². The normalized spacial score (nSPS) is 18.0. The molecule has 1 atom stereocenters. The number of ether oxygens (including phenoxy) is 1. The Hall–Kier alpha value is -3.11. The molecule has 10 heteroatoms. The Morgan fingerprint density at radius 2 is 2.16 bits per heavy atom. The third-order valence-corrected chi connectivity index (χ3v) is 6.83. The van der Waals surface area contributed by atoms with Gasteiger partial charge in [0.15, 0.2) is 5.13 Å². The van der Waals surface area contributed by atoms with E-state index < -0.39 is 6.10 Å². The quantitative estimate of drug-likeness (QED) is 0.633. The Morgan fingerprint density at radius 3 is 3.00 bits per heavy atom. The fourth-order valence-corrected chi connectivity index (χ4v) is 5.10. The van der Waals surface area contributed by atoms with Crippen LogP contribution in [-0.2, 0) is 33.8 Å². The fraction of sp³-hybridized carbons (Fsp3) is 0.409. The van der Waals surface area contributed by atoms with Gasteiger partial charge in [-0.15, -0.1) is 0 Å². The second kappa shape index (κ2) is 8.79. The zero-order valence-electron chi connectivity index (χ0n) is 17.5. The van der Waals surface area contributed by atoms with E-state index in [2.05, 4.69) is 15.3 Å². The summed E-state index contributed by atoms with van der Waals surface area (Å²) in [4.78, 5) is 49.3. The highest BCUT2D eigenvalue weighted by Gasteiger charge is 2.27. The highest BCUT2D eigenvalue weighted by Crippen LogP contribution is 2.29. The van der Waals surface area contributed by atoms with Gasteiger partial charge in [0.25, 0.3) is 11.5 Å². The van der Waals surface area contributed by atoms with Gasteiger partial charge in [0.1, 0.15) is 6.10 Å². The SMILES string of the molecule is O=C(Nc1nc2c(s1)CN(C(=O)CCn1cnc3ccccc3c1=O)CC2)C1CCCO1. The summed E-state index contributed by atoms with van der Waals surface area (Å²) in [6, 6.07) is 7.18. The Balaban J connectivity index is 1.20. The second-order valence-electron chi connectivity index (χ2n) is 7.96. The average Bonchev–Trinajstić information content (AvgIpc) is 3.48. The lowest BCUT2D eigenvalue weighted by Gasteiger charge is -2.26. The number of nitrogens with one attached hydrogen (secondary N) is 1. The number of hydrogen-bond acceptors (Lipinski definition) is 7. The third kappa shape index (κ3) is 4.15. The van der Waals surface area contributed by atoms with Gasteiger partial charge in [-0.1, -0.05) is 23.5 Å². The van der Waals surface area contributed by atoms with Crippen LogP contribution in [0.5, 0.6) is 0 Å². The molecule has 0 bridgehead atoms. The van der Waals surface area contributed by atoms with E-state index in [-0.39, 0.29) is 30.3 Å². The number of nitrogens with zero attached hydrogens (tertiary/aromatic N) is 4. The van der Waals surface area contributed by atoms with Crippen LogP contribution in [0.1, 0.15) is 29.8 Å². The van der Waals surface area contributed by atoms with Crippen LogP contribution in [0.2, 0.25) is 0 Å². The molecule has 1 N–H and O–H groups in total. The van der Waals surface area contributed by atoms with Gasteiger partial charge in [-0.25, -0.2) is 9.97 Å². The van der Waals surface area contributed by atoms with Crippen LogP contribution in [0, 0.1) is 0 Å². The van der Waals surface area contributed by atoms with Gasteiger partial charge in [0.05, 0.1) is 29.5 Å². The summed E-state index contributed by atoms with van der Waals surface area (Å²) < 4.78 is 6.90. The molecule has 2 amide bonds. The predicted molar refractivity (Wildman–Crippen MR) is 119 cm³/mol. The molecule has 4 heterocycles. The van der Waals surface area contributed by atoms with Crippen LogP contribution >= 0.6 is 11.3 Å². The van der Waals surface area contributed by atoms with Crippen molar-refractivity contribution in [2.24, 2.45) is 0 Å². The number of carbonyl (C=O) groups excluding carboxylic acids is 2. The summed E-state index contributed by atoms with van der Waals surface area (Å²) in [5.41, 5.74) is 1.44. The largest absolute Gasteiger partial charge is 0.368 e. The smallest absolute Gasteiger partial charge is 0.261 e. The first-order valence-electron chi connectivity index (χ1n) is 10.7. The summed E-state index contributed by atoms with van der Waals surface area (Å²) in [5, 5.41) is 3.95. The highest BCUT2D eigenvalue weighted by atomic mass is 32.1. The third-order valence-electron chi connectivity index (χ3n) is 5.83. The molecular formula is C22H23N5O4S. The van der Waals surface area contributed by atoms with E-state index in [0.29, 0.717) is 42.2 Å². The topological polar surface area (TPSA) is 106 Å². The summed E-state index contributed by atoms with van der Waals surface area (Å²) in [6.45, 7) is 1.93. The zero-order valence-corrected chi connectivity index (χ0v) is 18.3. The van der Waals surface area contributed by atoms with Crippen molar-refractivity contribution in [2.45, 2.75) is 44.9 Å². The molecule has 0 aliphatic carbocycles. The first-order valence-corrected chi connectivity index (χ1v) is 11.5. The maximum Gasteiger partial charge on any atom is 0.261 e. The molecule has 1 unspecified atom stereocenters. The highest BCUT2D eigenvalue weighted by molar-refractivity contribution is 7.15. The van der Waals surface area contributed by atoms with Crippen molar-refractivity contribution in [1.29, 1.82) is 0 Å². The lowest BCUT2D eigenvalue weighted by atomic mass is 10.1. The van der Waals surface area contributed by atoms with Crippen LogP contribution in [0.25, 0.3) is 10.9 Å². The number of aryl methyl sites for hydroxylation is 1. The van der Waals surface area contributed by atoms with Gasteiger partial charge in [0, 0.05) is 37.4 Å². The minimum absolute atomic E-state index is 0.0194.